The summed E-state index contributed by atoms with van der Waals surface area (Å²) in [5, 5.41) is 7.82. The van der Waals surface area contributed by atoms with Gasteiger partial charge in [-0.15, -0.1) is 0 Å². The number of nitrogens with one attached hydrogen (secondary N) is 1. The van der Waals surface area contributed by atoms with Gasteiger partial charge in [0.1, 0.15) is 0 Å². The molecule has 3 nitrogen and oxygen atoms in total. The van der Waals surface area contributed by atoms with E-state index in [0.717, 1.165) is 22.4 Å². The van der Waals surface area contributed by atoms with Gasteiger partial charge in [-0.3, -0.25) is 4.68 Å². The van der Waals surface area contributed by atoms with Crippen molar-refractivity contribution in [3.63, 3.8) is 0 Å². The Hall–Kier alpha value is -1.29. The number of benzene rings is 1. The molecule has 17 heavy (non-hydrogen) atoms. The summed E-state index contributed by atoms with van der Waals surface area (Å²) in [6.45, 7) is 4.92. The second kappa shape index (κ2) is 4.92. The number of aromatic nitrogens is 2. The molecule has 1 heterocycles. The molecule has 2 rings (SSSR count). The zero-order chi connectivity index (χ0) is 12.4. The van der Waals surface area contributed by atoms with Gasteiger partial charge in [0.15, 0.2) is 0 Å². The van der Waals surface area contributed by atoms with Crippen molar-refractivity contribution in [1.82, 2.24) is 9.78 Å². The normalized spacial score (nSPS) is 10.6. The van der Waals surface area contributed by atoms with Crippen molar-refractivity contribution in [1.29, 1.82) is 0 Å². The Morgan fingerprint density at radius 3 is 2.41 bits per heavy atom. The smallest absolute Gasteiger partial charge is 0.0827 e. The van der Waals surface area contributed by atoms with Gasteiger partial charge in [0.2, 0.25) is 0 Å². The highest BCUT2D eigenvalue weighted by Crippen LogP contribution is 2.19. The van der Waals surface area contributed by atoms with Crippen molar-refractivity contribution >= 4 is 21.6 Å². The highest BCUT2D eigenvalue weighted by atomic mass is 79.9. The van der Waals surface area contributed by atoms with E-state index in [-0.39, 0.29) is 0 Å². The van der Waals surface area contributed by atoms with Crippen molar-refractivity contribution in [2.75, 3.05) is 5.32 Å². The lowest BCUT2D eigenvalue weighted by Crippen LogP contribution is -2.01. The second-order valence-electron chi connectivity index (χ2n) is 4.15. The Kier molecular flexibility index (Phi) is 3.52. The fraction of sp³-hybridized carbons (Fsp3) is 0.308. The predicted molar refractivity (Wildman–Crippen MR) is 74.2 cm³/mol. The molecule has 0 amide bonds. The van der Waals surface area contributed by atoms with E-state index in [9.17, 15) is 0 Å². The minimum absolute atomic E-state index is 0.820. The van der Waals surface area contributed by atoms with Crippen LogP contribution in [0.2, 0.25) is 0 Å². The van der Waals surface area contributed by atoms with Crippen LogP contribution in [0, 0.1) is 13.8 Å². The number of nitrogens with zero attached hydrogens (tertiary/aromatic N) is 2. The summed E-state index contributed by atoms with van der Waals surface area (Å²) in [6, 6.07) is 8.33. The molecular weight excluding hydrogens is 278 g/mol. The molecule has 0 aliphatic carbocycles. The third-order valence-electron chi connectivity index (χ3n) is 2.89. The Bertz CT molecular complexity index is 514. The van der Waals surface area contributed by atoms with E-state index in [1.165, 1.54) is 11.3 Å². The summed E-state index contributed by atoms with van der Waals surface area (Å²) in [5.41, 5.74) is 4.60. The summed E-state index contributed by atoms with van der Waals surface area (Å²) in [5.74, 6) is 0. The molecule has 1 aromatic carbocycles. The summed E-state index contributed by atoms with van der Waals surface area (Å²) in [4.78, 5) is 0. The van der Waals surface area contributed by atoms with Crippen LogP contribution in [0.4, 0.5) is 5.69 Å². The summed E-state index contributed by atoms with van der Waals surface area (Å²) >= 11 is 3.43. The van der Waals surface area contributed by atoms with Crippen LogP contribution in [-0.2, 0) is 13.6 Å². The van der Waals surface area contributed by atoms with Crippen molar-refractivity contribution in [2.45, 2.75) is 20.4 Å². The van der Waals surface area contributed by atoms with Crippen LogP contribution >= 0.6 is 15.9 Å². The molecule has 1 aromatic heterocycles. The first-order chi connectivity index (χ1) is 8.08. The maximum Gasteiger partial charge on any atom is 0.0827 e. The molecular formula is C13H16BrN3. The van der Waals surface area contributed by atoms with Gasteiger partial charge >= 0.3 is 0 Å². The van der Waals surface area contributed by atoms with Gasteiger partial charge in [0, 0.05) is 18.1 Å². The van der Waals surface area contributed by atoms with Gasteiger partial charge in [-0.1, -0.05) is 28.1 Å². The molecule has 0 spiro atoms. The fourth-order valence-electron chi connectivity index (χ4n) is 1.82. The van der Waals surface area contributed by atoms with E-state index in [4.69, 9.17) is 0 Å². The molecule has 4 heteroatoms. The van der Waals surface area contributed by atoms with Gasteiger partial charge in [0.05, 0.1) is 17.1 Å². The maximum atomic E-state index is 4.38. The molecule has 0 atom stereocenters. The number of anilines is 1. The molecule has 0 bridgehead atoms. The minimum Gasteiger partial charge on any atom is -0.378 e. The molecule has 0 unspecified atom stereocenters. The van der Waals surface area contributed by atoms with Crippen LogP contribution in [0.1, 0.15) is 17.0 Å². The lowest BCUT2D eigenvalue weighted by Gasteiger charge is -2.07. The van der Waals surface area contributed by atoms with Crippen molar-refractivity contribution in [2.24, 2.45) is 7.05 Å². The largest absolute Gasteiger partial charge is 0.378 e. The van der Waals surface area contributed by atoms with E-state index in [1.54, 1.807) is 0 Å². The average molecular weight is 294 g/mol. The van der Waals surface area contributed by atoms with Gasteiger partial charge in [0.25, 0.3) is 0 Å². The molecule has 0 aliphatic rings. The predicted octanol–water partition coefficient (Wildman–Crippen LogP) is 3.41. The second-order valence-corrected chi connectivity index (χ2v) is 5.07. The van der Waals surface area contributed by atoms with E-state index in [0.29, 0.717) is 0 Å². The number of rotatable bonds is 3. The molecule has 0 fully saturated rings. The molecule has 0 saturated carbocycles. The number of halogens is 1. The van der Waals surface area contributed by atoms with Crippen LogP contribution in [0.15, 0.2) is 28.7 Å². The third kappa shape index (κ3) is 2.69. The van der Waals surface area contributed by atoms with Crippen molar-refractivity contribution in [3.8, 4) is 0 Å². The van der Waals surface area contributed by atoms with E-state index in [1.807, 2.05) is 18.7 Å². The third-order valence-corrected chi connectivity index (χ3v) is 3.42. The molecule has 1 N–H and O–H groups in total. The van der Waals surface area contributed by atoms with Crippen LogP contribution in [-0.4, -0.2) is 9.78 Å². The van der Waals surface area contributed by atoms with E-state index in [2.05, 4.69) is 57.5 Å². The minimum atomic E-state index is 0.820. The first-order valence-corrected chi connectivity index (χ1v) is 6.35. The highest BCUT2D eigenvalue weighted by molar-refractivity contribution is 9.10. The molecule has 0 radical (unpaired) electrons. The monoisotopic (exact) mass is 293 g/mol. The number of aryl methyl sites for hydroxylation is 2. The lowest BCUT2D eigenvalue weighted by atomic mass is 10.2. The zero-order valence-corrected chi connectivity index (χ0v) is 11.9. The van der Waals surface area contributed by atoms with E-state index >= 15 is 0 Å². The van der Waals surface area contributed by atoms with Crippen LogP contribution < -0.4 is 5.32 Å². The Morgan fingerprint density at radius 2 is 1.88 bits per heavy atom. The van der Waals surface area contributed by atoms with Gasteiger partial charge in [-0.25, -0.2) is 0 Å². The van der Waals surface area contributed by atoms with Gasteiger partial charge < -0.3 is 5.32 Å². The SMILES string of the molecule is Cc1nn(C)c(C)c1NCc1ccc(Br)cc1. The van der Waals surface area contributed by atoms with Gasteiger partial charge in [-0.2, -0.15) is 5.10 Å². The van der Waals surface area contributed by atoms with Crippen molar-refractivity contribution < 1.29 is 0 Å². The Balaban J connectivity index is 2.09. The number of hydrogen-bond donors (Lipinski definition) is 1. The molecule has 0 saturated heterocycles. The quantitative estimate of drug-likeness (QED) is 0.940. The molecule has 0 aliphatic heterocycles. The lowest BCUT2D eigenvalue weighted by molar-refractivity contribution is 0.731. The van der Waals surface area contributed by atoms with E-state index < -0.39 is 0 Å². The highest BCUT2D eigenvalue weighted by Gasteiger charge is 2.08. The Labute approximate surface area is 110 Å². The summed E-state index contributed by atoms with van der Waals surface area (Å²) < 4.78 is 3.01. The topological polar surface area (TPSA) is 29.9 Å². The van der Waals surface area contributed by atoms with Crippen LogP contribution in [0.5, 0.6) is 0 Å². The van der Waals surface area contributed by atoms with Crippen molar-refractivity contribution in [3.05, 3.63) is 45.7 Å². The first kappa shape index (κ1) is 12.2. The maximum absolute atomic E-state index is 4.38. The zero-order valence-electron chi connectivity index (χ0n) is 10.3. The first-order valence-electron chi connectivity index (χ1n) is 5.56. The number of hydrogen-bond acceptors (Lipinski definition) is 2. The fourth-order valence-corrected chi connectivity index (χ4v) is 2.09. The molecule has 2 aromatic rings. The molecule has 90 valence electrons. The van der Waals surface area contributed by atoms with Gasteiger partial charge in [-0.05, 0) is 31.5 Å². The van der Waals surface area contributed by atoms with Crippen LogP contribution in [0.3, 0.4) is 0 Å². The van der Waals surface area contributed by atoms with Crippen LogP contribution in [0.25, 0.3) is 0 Å². The standard InChI is InChI=1S/C13H16BrN3/c1-9-13(10(2)17(3)16-9)15-8-11-4-6-12(14)7-5-11/h4-7,15H,8H2,1-3H3. The summed E-state index contributed by atoms with van der Waals surface area (Å²) in [6.07, 6.45) is 0. The summed E-state index contributed by atoms with van der Waals surface area (Å²) in [7, 11) is 1.97. The Morgan fingerprint density at radius 1 is 1.24 bits per heavy atom. The average Bonchev–Trinajstić information content (AvgIpc) is 2.54.